The summed E-state index contributed by atoms with van der Waals surface area (Å²) in [6, 6.07) is 4.88. The highest BCUT2D eigenvalue weighted by Crippen LogP contribution is 2.16. The van der Waals surface area contributed by atoms with Crippen LogP contribution in [-0.4, -0.2) is 29.1 Å². The van der Waals surface area contributed by atoms with Gasteiger partial charge in [-0.1, -0.05) is 13.0 Å². The molecule has 0 radical (unpaired) electrons. The Morgan fingerprint density at radius 2 is 2.21 bits per heavy atom. The maximum absolute atomic E-state index is 13.2. The molecule has 0 bridgehead atoms. The van der Waals surface area contributed by atoms with Crippen molar-refractivity contribution in [3.8, 4) is 0 Å². The largest absolute Gasteiger partial charge is 0.478 e. The molecule has 0 saturated heterocycles. The zero-order chi connectivity index (χ0) is 14.4. The van der Waals surface area contributed by atoms with Crippen LogP contribution in [0.3, 0.4) is 0 Å². The van der Waals surface area contributed by atoms with Crippen LogP contribution in [0.2, 0.25) is 0 Å². The van der Waals surface area contributed by atoms with E-state index in [-0.39, 0.29) is 5.82 Å². The molecule has 0 amide bonds. The van der Waals surface area contributed by atoms with Gasteiger partial charge in [-0.2, -0.15) is 0 Å². The first kappa shape index (κ1) is 15.4. The molecule has 1 rings (SSSR count). The normalized spacial score (nSPS) is 13.1. The zero-order valence-corrected chi connectivity index (χ0v) is 11.6. The van der Waals surface area contributed by atoms with Gasteiger partial charge in [-0.25, -0.2) is 9.18 Å². The number of aliphatic carboxylic acids is 1. The molecule has 0 saturated carbocycles. The molecular formula is C15H20FNO2. The van der Waals surface area contributed by atoms with Crippen LogP contribution in [-0.2, 0) is 11.3 Å². The second-order valence-corrected chi connectivity index (χ2v) is 4.69. The molecule has 0 spiro atoms. The Balaban J connectivity index is 2.96. The number of benzene rings is 1. The minimum Gasteiger partial charge on any atom is -0.478 e. The predicted molar refractivity (Wildman–Crippen MR) is 74.3 cm³/mol. The van der Waals surface area contributed by atoms with Gasteiger partial charge in [0.25, 0.3) is 0 Å². The highest BCUT2D eigenvalue weighted by atomic mass is 19.1. The van der Waals surface area contributed by atoms with E-state index in [0.29, 0.717) is 18.2 Å². The number of hydrogen-bond donors (Lipinski definition) is 1. The van der Waals surface area contributed by atoms with E-state index in [1.165, 1.54) is 18.2 Å². The minimum atomic E-state index is -1.04. The van der Waals surface area contributed by atoms with Crippen molar-refractivity contribution in [3.05, 3.63) is 41.2 Å². The Labute approximate surface area is 113 Å². The number of carboxylic acid groups (broad SMARTS) is 1. The van der Waals surface area contributed by atoms with E-state index < -0.39 is 5.97 Å². The van der Waals surface area contributed by atoms with E-state index >= 15 is 0 Å². The van der Waals surface area contributed by atoms with E-state index in [4.69, 9.17) is 5.11 Å². The third-order valence-electron chi connectivity index (χ3n) is 3.28. The molecule has 1 aromatic rings. The standard InChI is InChI=1S/C15H20FNO2/c1-4-11(2)17(3)10-13-5-7-14(16)9-12(13)6-8-15(18)19/h5-9,11H,4,10H2,1-3H3,(H,18,19)/b8-6+. The van der Waals surface area contributed by atoms with Crippen LogP contribution in [0.5, 0.6) is 0 Å². The SMILES string of the molecule is CCC(C)N(C)Cc1ccc(F)cc1/C=C/C(=O)O. The summed E-state index contributed by atoms with van der Waals surface area (Å²) in [5, 5.41) is 8.65. The molecule has 4 heteroatoms. The van der Waals surface area contributed by atoms with Crippen molar-refractivity contribution in [2.24, 2.45) is 0 Å². The molecular weight excluding hydrogens is 245 g/mol. The quantitative estimate of drug-likeness (QED) is 0.803. The van der Waals surface area contributed by atoms with Crippen LogP contribution in [0.4, 0.5) is 4.39 Å². The maximum Gasteiger partial charge on any atom is 0.328 e. The van der Waals surface area contributed by atoms with E-state index in [2.05, 4.69) is 18.7 Å². The van der Waals surface area contributed by atoms with E-state index in [1.54, 1.807) is 6.07 Å². The summed E-state index contributed by atoms with van der Waals surface area (Å²) in [4.78, 5) is 12.7. The molecule has 3 nitrogen and oxygen atoms in total. The van der Waals surface area contributed by atoms with Crippen LogP contribution in [0.1, 0.15) is 31.4 Å². The number of carboxylic acids is 1. The Bertz CT molecular complexity index is 471. The van der Waals surface area contributed by atoms with Gasteiger partial charge in [0, 0.05) is 18.7 Å². The van der Waals surface area contributed by atoms with Crippen molar-refractivity contribution in [2.75, 3.05) is 7.05 Å². The highest BCUT2D eigenvalue weighted by Gasteiger charge is 2.10. The first-order valence-electron chi connectivity index (χ1n) is 6.33. The Hall–Kier alpha value is -1.68. The number of nitrogens with zero attached hydrogens (tertiary/aromatic N) is 1. The fourth-order valence-corrected chi connectivity index (χ4v) is 1.76. The smallest absolute Gasteiger partial charge is 0.328 e. The van der Waals surface area contributed by atoms with Crippen LogP contribution in [0.25, 0.3) is 6.08 Å². The summed E-state index contributed by atoms with van der Waals surface area (Å²) in [6.45, 7) is 4.89. The minimum absolute atomic E-state index is 0.361. The maximum atomic E-state index is 13.2. The third kappa shape index (κ3) is 4.83. The Morgan fingerprint density at radius 3 is 2.79 bits per heavy atom. The molecule has 0 aliphatic rings. The summed E-state index contributed by atoms with van der Waals surface area (Å²) >= 11 is 0. The van der Waals surface area contributed by atoms with Gasteiger partial charge in [-0.3, -0.25) is 4.90 Å². The molecule has 1 N–H and O–H groups in total. The fourth-order valence-electron chi connectivity index (χ4n) is 1.76. The topological polar surface area (TPSA) is 40.5 Å². The highest BCUT2D eigenvalue weighted by molar-refractivity contribution is 5.85. The van der Waals surface area contributed by atoms with Crippen molar-refractivity contribution < 1.29 is 14.3 Å². The number of hydrogen-bond acceptors (Lipinski definition) is 2. The van der Waals surface area contributed by atoms with E-state index in [1.807, 2.05) is 7.05 Å². The molecule has 0 aromatic heterocycles. The van der Waals surface area contributed by atoms with Gasteiger partial charge < -0.3 is 5.11 Å². The van der Waals surface area contributed by atoms with Crippen molar-refractivity contribution >= 4 is 12.0 Å². The fraction of sp³-hybridized carbons (Fsp3) is 0.400. The lowest BCUT2D eigenvalue weighted by Crippen LogP contribution is -2.28. The van der Waals surface area contributed by atoms with Crippen molar-refractivity contribution in [1.82, 2.24) is 4.90 Å². The van der Waals surface area contributed by atoms with Gasteiger partial charge in [0.15, 0.2) is 0 Å². The molecule has 19 heavy (non-hydrogen) atoms. The summed E-state index contributed by atoms with van der Waals surface area (Å²) in [7, 11) is 2.00. The van der Waals surface area contributed by atoms with E-state index in [9.17, 15) is 9.18 Å². The first-order chi connectivity index (χ1) is 8.93. The monoisotopic (exact) mass is 265 g/mol. The lowest BCUT2D eigenvalue weighted by molar-refractivity contribution is -0.131. The van der Waals surface area contributed by atoms with Gasteiger partial charge >= 0.3 is 5.97 Å². The number of rotatable bonds is 6. The molecule has 1 unspecified atom stereocenters. The molecule has 1 aromatic carbocycles. The predicted octanol–water partition coefficient (Wildman–Crippen LogP) is 3.15. The Morgan fingerprint density at radius 1 is 1.53 bits per heavy atom. The molecule has 0 fully saturated rings. The Kier molecular flexibility index (Phi) is 5.70. The lowest BCUT2D eigenvalue weighted by Gasteiger charge is -2.24. The molecule has 104 valence electrons. The van der Waals surface area contributed by atoms with Gasteiger partial charge in [0.1, 0.15) is 5.82 Å². The second-order valence-electron chi connectivity index (χ2n) is 4.69. The summed E-state index contributed by atoms with van der Waals surface area (Å²) < 4.78 is 13.2. The molecule has 0 heterocycles. The van der Waals surface area contributed by atoms with Crippen molar-refractivity contribution in [2.45, 2.75) is 32.9 Å². The second kappa shape index (κ2) is 7.04. The summed E-state index contributed by atoms with van der Waals surface area (Å²) in [6.07, 6.45) is 3.49. The number of carbonyl (C=O) groups is 1. The van der Waals surface area contributed by atoms with Crippen molar-refractivity contribution in [3.63, 3.8) is 0 Å². The van der Waals surface area contributed by atoms with Gasteiger partial charge in [0.05, 0.1) is 0 Å². The molecule has 1 atom stereocenters. The zero-order valence-electron chi connectivity index (χ0n) is 11.6. The van der Waals surface area contributed by atoms with Crippen molar-refractivity contribution in [1.29, 1.82) is 0 Å². The van der Waals surface area contributed by atoms with E-state index in [0.717, 1.165) is 18.1 Å². The molecule has 0 aliphatic carbocycles. The van der Waals surface area contributed by atoms with Gasteiger partial charge in [-0.05, 0) is 49.7 Å². The molecule has 0 aliphatic heterocycles. The third-order valence-corrected chi connectivity index (χ3v) is 3.28. The summed E-state index contributed by atoms with van der Waals surface area (Å²) in [5.74, 6) is -1.40. The lowest BCUT2D eigenvalue weighted by atomic mass is 10.1. The van der Waals surface area contributed by atoms with Crippen LogP contribution in [0.15, 0.2) is 24.3 Å². The first-order valence-corrected chi connectivity index (χ1v) is 6.33. The average Bonchev–Trinajstić information content (AvgIpc) is 2.37. The van der Waals surface area contributed by atoms with Gasteiger partial charge in [0.2, 0.25) is 0 Å². The van der Waals surface area contributed by atoms with Crippen LogP contribution >= 0.6 is 0 Å². The van der Waals surface area contributed by atoms with Crippen LogP contribution < -0.4 is 0 Å². The van der Waals surface area contributed by atoms with Crippen LogP contribution in [0, 0.1) is 5.82 Å². The number of halogens is 1. The average molecular weight is 265 g/mol. The summed E-state index contributed by atoms with van der Waals surface area (Å²) in [5.41, 5.74) is 1.53. The van der Waals surface area contributed by atoms with Gasteiger partial charge in [-0.15, -0.1) is 0 Å².